The molecule has 0 aliphatic carbocycles. The van der Waals surface area contributed by atoms with Crippen LogP contribution in [0.3, 0.4) is 0 Å². The van der Waals surface area contributed by atoms with Crippen LogP contribution in [-0.4, -0.2) is 34.8 Å². The van der Waals surface area contributed by atoms with E-state index in [1.807, 2.05) is 43.3 Å². The van der Waals surface area contributed by atoms with Gasteiger partial charge in [-0.05, 0) is 62.5 Å². The third kappa shape index (κ3) is 4.53. The summed E-state index contributed by atoms with van der Waals surface area (Å²) in [5.74, 6) is 1.40. The number of aromatic hydroxyl groups is 1. The highest BCUT2D eigenvalue weighted by Crippen LogP contribution is 2.32. The molecule has 25 heavy (non-hydrogen) atoms. The van der Waals surface area contributed by atoms with E-state index in [1.165, 1.54) is 0 Å². The molecule has 1 heterocycles. The smallest absolute Gasteiger partial charge is 0.120 e. The van der Waals surface area contributed by atoms with E-state index in [2.05, 4.69) is 4.90 Å². The summed E-state index contributed by atoms with van der Waals surface area (Å²) in [5, 5.41) is 20.7. The molecule has 4 heteroatoms. The van der Waals surface area contributed by atoms with Gasteiger partial charge in [-0.2, -0.15) is 0 Å². The van der Waals surface area contributed by atoms with Crippen molar-refractivity contribution >= 4 is 0 Å². The number of hydrogen-bond donors (Lipinski definition) is 2. The summed E-state index contributed by atoms with van der Waals surface area (Å²) in [6.45, 7) is 5.13. The van der Waals surface area contributed by atoms with E-state index in [9.17, 15) is 10.2 Å². The molecule has 1 atom stereocenters. The van der Waals surface area contributed by atoms with E-state index in [0.29, 0.717) is 24.8 Å². The minimum atomic E-state index is -0.391. The number of aliphatic hydroxyl groups excluding tert-OH is 1. The number of phenols is 1. The first-order valence-electron chi connectivity index (χ1n) is 9.07. The maximum absolute atomic E-state index is 10.6. The van der Waals surface area contributed by atoms with Crippen LogP contribution in [0.1, 0.15) is 37.0 Å². The molecule has 1 unspecified atom stereocenters. The summed E-state index contributed by atoms with van der Waals surface area (Å²) < 4.78 is 5.53. The van der Waals surface area contributed by atoms with Crippen LogP contribution < -0.4 is 4.74 Å². The van der Waals surface area contributed by atoms with Crippen molar-refractivity contribution in [3.63, 3.8) is 0 Å². The molecule has 2 N–H and O–H groups in total. The molecule has 0 aromatic heterocycles. The molecule has 1 saturated heterocycles. The minimum Gasteiger partial charge on any atom is -0.508 e. The van der Waals surface area contributed by atoms with Gasteiger partial charge in [0.25, 0.3) is 0 Å². The second-order valence-corrected chi connectivity index (χ2v) is 6.69. The van der Waals surface area contributed by atoms with Gasteiger partial charge in [0.15, 0.2) is 0 Å². The number of phenolic OH excluding ortho intramolecular Hbond substituents is 1. The third-order valence-corrected chi connectivity index (χ3v) is 4.98. The first-order valence-corrected chi connectivity index (χ1v) is 9.07. The van der Waals surface area contributed by atoms with Crippen LogP contribution in [0.2, 0.25) is 0 Å². The number of rotatable bonds is 6. The van der Waals surface area contributed by atoms with Crippen LogP contribution in [0.5, 0.6) is 11.5 Å². The molecule has 4 nitrogen and oxygen atoms in total. The Morgan fingerprint density at radius 3 is 2.52 bits per heavy atom. The van der Waals surface area contributed by atoms with Gasteiger partial charge in [-0.1, -0.05) is 30.3 Å². The van der Waals surface area contributed by atoms with Crippen molar-refractivity contribution in [1.82, 2.24) is 4.90 Å². The highest BCUT2D eigenvalue weighted by atomic mass is 16.5. The Morgan fingerprint density at radius 1 is 1.12 bits per heavy atom. The number of piperidine rings is 1. The maximum Gasteiger partial charge on any atom is 0.120 e. The summed E-state index contributed by atoms with van der Waals surface area (Å²) in [5.41, 5.74) is 1.90. The average molecular weight is 341 g/mol. The molecule has 134 valence electrons. The first kappa shape index (κ1) is 17.8. The Labute approximate surface area is 149 Å². The van der Waals surface area contributed by atoms with Gasteiger partial charge in [-0.15, -0.1) is 0 Å². The number of aliphatic hydroxyl groups is 1. The Morgan fingerprint density at radius 2 is 1.84 bits per heavy atom. The Bertz CT molecular complexity index is 666. The Balaban J connectivity index is 1.57. The van der Waals surface area contributed by atoms with Crippen molar-refractivity contribution in [1.29, 1.82) is 0 Å². The topological polar surface area (TPSA) is 52.9 Å². The van der Waals surface area contributed by atoms with Gasteiger partial charge in [0.05, 0.1) is 12.7 Å². The molecule has 0 saturated carbocycles. The van der Waals surface area contributed by atoms with E-state index in [0.717, 1.165) is 42.8 Å². The van der Waals surface area contributed by atoms with Crippen molar-refractivity contribution in [3.05, 3.63) is 59.7 Å². The maximum atomic E-state index is 10.6. The molecular formula is C21H27NO3. The summed E-state index contributed by atoms with van der Waals surface area (Å²) in [6, 6.07) is 15.3. The zero-order valence-corrected chi connectivity index (χ0v) is 14.8. The van der Waals surface area contributed by atoms with E-state index in [1.54, 1.807) is 12.1 Å². The summed E-state index contributed by atoms with van der Waals surface area (Å²) in [4.78, 5) is 2.33. The molecule has 0 bridgehead atoms. The Kier molecular flexibility index (Phi) is 5.95. The van der Waals surface area contributed by atoms with Crippen molar-refractivity contribution in [3.8, 4) is 11.5 Å². The molecule has 2 aromatic carbocycles. The van der Waals surface area contributed by atoms with Crippen LogP contribution >= 0.6 is 0 Å². The fourth-order valence-corrected chi connectivity index (χ4v) is 3.54. The minimum absolute atomic E-state index is 0.294. The monoisotopic (exact) mass is 341 g/mol. The lowest BCUT2D eigenvalue weighted by molar-refractivity contribution is 0.0565. The lowest BCUT2D eigenvalue weighted by atomic mass is 9.87. The van der Waals surface area contributed by atoms with Crippen LogP contribution in [0.4, 0.5) is 0 Å². The van der Waals surface area contributed by atoms with Gasteiger partial charge < -0.3 is 14.9 Å². The summed E-state index contributed by atoms with van der Waals surface area (Å²) in [6.07, 6.45) is 1.53. The van der Waals surface area contributed by atoms with Gasteiger partial charge in [0, 0.05) is 12.1 Å². The van der Waals surface area contributed by atoms with E-state index in [-0.39, 0.29) is 0 Å². The number of ether oxygens (including phenoxy) is 1. The molecule has 2 aromatic rings. The third-order valence-electron chi connectivity index (χ3n) is 4.98. The quantitative estimate of drug-likeness (QED) is 0.840. The van der Waals surface area contributed by atoms with E-state index in [4.69, 9.17) is 4.74 Å². The van der Waals surface area contributed by atoms with Gasteiger partial charge >= 0.3 is 0 Å². The van der Waals surface area contributed by atoms with Gasteiger partial charge in [0.1, 0.15) is 11.5 Å². The van der Waals surface area contributed by atoms with Crippen molar-refractivity contribution < 1.29 is 14.9 Å². The Hall–Kier alpha value is -2.04. The fourth-order valence-electron chi connectivity index (χ4n) is 3.54. The van der Waals surface area contributed by atoms with Crippen molar-refractivity contribution in [2.24, 2.45) is 5.92 Å². The normalized spacial score (nSPS) is 17.4. The van der Waals surface area contributed by atoms with E-state index < -0.39 is 6.10 Å². The van der Waals surface area contributed by atoms with Gasteiger partial charge in [-0.3, -0.25) is 4.90 Å². The molecule has 1 aliphatic heterocycles. The van der Waals surface area contributed by atoms with Gasteiger partial charge in [-0.25, -0.2) is 0 Å². The van der Waals surface area contributed by atoms with Crippen LogP contribution in [0.25, 0.3) is 0 Å². The number of likely N-dealkylation sites (tertiary alicyclic amines) is 1. The lowest BCUT2D eigenvalue weighted by Crippen LogP contribution is -2.35. The standard InChI is InChI=1S/C21H27NO3/c1-2-25-19-8-9-20(23)18(14-19)15-22-12-10-17(11-13-22)21(24)16-6-4-3-5-7-16/h3-9,14,17,21,23-24H,2,10-13,15H2,1H3. The van der Waals surface area contributed by atoms with Crippen molar-refractivity contribution in [2.75, 3.05) is 19.7 Å². The lowest BCUT2D eigenvalue weighted by Gasteiger charge is -2.34. The van der Waals surface area contributed by atoms with Crippen LogP contribution in [0.15, 0.2) is 48.5 Å². The van der Waals surface area contributed by atoms with E-state index >= 15 is 0 Å². The van der Waals surface area contributed by atoms with Crippen LogP contribution in [-0.2, 0) is 6.54 Å². The van der Waals surface area contributed by atoms with Gasteiger partial charge in [0.2, 0.25) is 0 Å². The number of hydrogen-bond acceptors (Lipinski definition) is 4. The SMILES string of the molecule is CCOc1ccc(O)c(CN2CCC(C(O)c3ccccc3)CC2)c1. The average Bonchev–Trinajstić information content (AvgIpc) is 2.65. The first-order chi connectivity index (χ1) is 12.2. The fraction of sp³-hybridized carbons (Fsp3) is 0.429. The highest BCUT2D eigenvalue weighted by molar-refractivity contribution is 5.39. The second kappa shape index (κ2) is 8.37. The number of benzene rings is 2. The zero-order chi connectivity index (χ0) is 17.6. The molecule has 1 fully saturated rings. The largest absolute Gasteiger partial charge is 0.508 e. The molecule has 3 rings (SSSR count). The molecule has 1 aliphatic rings. The molecule has 0 spiro atoms. The summed E-state index contributed by atoms with van der Waals surface area (Å²) in [7, 11) is 0. The number of nitrogens with zero attached hydrogens (tertiary/aromatic N) is 1. The summed E-state index contributed by atoms with van der Waals surface area (Å²) >= 11 is 0. The second-order valence-electron chi connectivity index (χ2n) is 6.69. The predicted molar refractivity (Wildman–Crippen MR) is 98.7 cm³/mol. The highest BCUT2D eigenvalue weighted by Gasteiger charge is 2.26. The molecule has 0 amide bonds. The van der Waals surface area contributed by atoms with Crippen LogP contribution in [0, 0.1) is 5.92 Å². The predicted octanol–water partition coefficient (Wildman–Crippen LogP) is 3.74. The molecule has 0 radical (unpaired) electrons. The molecular weight excluding hydrogens is 314 g/mol. The zero-order valence-electron chi connectivity index (χ0n) is 14.8. The van der Waals surface area contributed by atoms with Crippen molar-refractivity contribution in [2.45, 2.75) is 32.4 Å².